The third-order valence-corrected chi connectivity index (χ3v) is 2.13. The lowest BCUT2D eigenvalue weighted by atomic mass is 10.3. The molecule has 9 heteroatoms. The number of rotatable bonds is 5. The summed E-state index contributed by atoms with van der Waals surface area (Å²) in [5.74, 6) is -2.30. The number of thiocarbonyl (C=S) groups is 1. The van der Waals surface area contributed by atoms with Gasteiger partial charge in [0.25, 0.3) is 0 Å². The van der Waals surface area contributed by atoms with E-state index in [9.17, 15) is 18.4 Å². The largest absolute Gasteiger partial charge is 0.433 e. The number of carbonyl (C=O) groups is 2. The van der Waals surface area contributed by atoms with Crippen LogP contribution in [0.2, 0.25) is 0 Å². The lowest BCUT2D eigenvalue weighted by molar-refractivity contribution is -0.136. The van der Waals surface area contributed by atoms with E-state index in [4.69, 9.17) is 5.73 Å². The van der Waals surface area contributed by atoms with E-state index in [1.807, 2.05) is 0 Å². The Morgan fingerprint density at radius 3 is 2.55 bits per heavy atom. The van der Waals surface area contributed by atoms with E-state index in [2.05, 4.69) is 27.6 Å². The highest BCUT2D eigenvalue weighted by Crippen LogP contribution is 2.25. The number of carbonyl (C=O) groups excluding carboxylic acids is 2. The van der Waals surface area contributed by atoms with Crippen LogP contribution in [0.15, 0.2) is 24.3 Å². The first-order valence-corrected chi connectivity index (χ1v) is 5.72. The van der Waals surface area contributed by atoms with E-state index >= 15 is 0 Å². The summed E-state index contributed by atoms with van der Waals surface area (Å²) in [6, 6.07) is 5.48. The van der Waals surface area contributed by atoms with Crippen molar-refractivity contribution in [3.8, 4) is 5.75 Å². The number of alkyl halides is 2. The second kappa shape index (κ2) is 7.34. The Bertz CT molecular complexity index is 525. The maximum absolute atomic E-state index is 12.2. The molecule has 0 saturated carbocycles. The Morgan fingerprint density at radius 1 is 1.30 bits per heavy atom. The van der Waals surface area contributed by atoms with Crippen LogP contribution < -0.4 is 21.1 Å². The molecule has 0 aromatic heterocycles. The maximum Gasteiger partial charge on any atom is 0.387 e. The molecule has 0 saturated heterocycles. The number of nitrogens with two attached hydrogens (primary N) is 1. The van der Waals surface area contributed by atoms with E-state index in [1.54, 1.807) is 0 Å². The molecule has 0 aliphatic heterocycles. The average Bonchev–Trinajstić information content (AvgIpc) is 2.37. The highest BCUT2D eigenvalue weighted by molar-refractivity contribution is 7.80. The van der Waals surface area contributed by atoms with Crippen LogP contribution in [-0.2, 0) is 9.59 Å². The van der Waals surface area contributed by atoms with Crippen molar-refractivity contribution < 1.29 is 23.1 Å². The second-order valence-corrected chi connectivity index (χ2v) is 4.00. The van der Waals surface area contributed by atoms with Crippen molar-refractivity contribution >= 4 is 34.7 Å². The number of nitrogens with one attached hydrogen (secondary N) is 2. The molecule has 4 N–H and O–H groups in total. The standard InChI is InChI=1S/C11H11F2N3O3S/c12-11(13)19-7-4-2-1-3-6(7)16-10(18)9(17)15-5-8(14)20/h1-4,11H,5H2,(H2,14,20)(H,15,17)(H,16,18). The Balaban J connectivity index is 2.70. The lowest BCUT2D eigenvalue weighted by Crippen LogP contribution is -2.39. The van der Waals surface area contributed by atoms with E-state index in [0.717, 1.165) is 0 Å². The first kappa shape index (κ1) is 15.8. The van der Waals surface area contributed by atoms with Gasteiger partial charge in [-0.15, -0.1) is 0 Å². The second-order valence-electron chi connectivity index (χ2n) is 3.48. The maximum atomic E-state index is 12.2. The summed E-state index contributed by atoms with van der Waals surface area (Å²) in [6.07, 6.45) is 0. The van der Waals surface area contributed by atoms with Crippen LogP contribution in [0.3, 0.4) is 0 Å². The Labute approximate surface area is 118 Å². The Morgan fingerprint density at radius 2 is 1.95 bits per heavy atom. The normalized spacial score (nSPS) is 9.95. The molecule has 0 fully saturated rings. The molecular weight excluding hydrogens is 292 g/mol. The predicted octanol–water partition coefficient (Wildman–Crippen LogP) is 0.629. The zero-order chi connectivity index (χ0) is 15.1. The number of benzene rings is 1. The molecule has 1 aromatic carbocycles. The summed E-state index contributed by atoms with van der Waals surface area (Å²) in [4.78, 5) is 22.9. The fourth-order valence-electron chi connectivity index (χ4n) is 1.20. The number of anilines is 1. The van der Waals surface area contributed by atoms with Crippen molar-refractivity contribution in [1.82, 2.24) is 5.32 Å². The summed E-state index contributed by atoms with van der Waals surface area (Å²) >= 11 is 4.53. The van der Waals surface area contributed by atoms with Crippen LogP contribution >= 0.6 is 12.2 Å². The molecule has 0 bridgehead atoms. The molecule has 1 rings (SSSR count). The molecule has 20 heavy (non-hydrogen) atoms. The number of ether oxygens (including phenoxy) is 1. The van der Waals surface area contributed by atoms with Crippen molar-refractivity contribution in [3.05, 3.63) is 24.3 Å². The van der Waals surface area contributed by atoms with Gasteiger partial charge < -0.3 is 21.1 Å². The van der Waals surface area contributed by atoms with Gasteiger partial charge in [0.1, 0.15) is 5.75 Å². The number of halogens is 2. The van der Waals surface area contributed by atoms with Gasteiger partial charge in [0.15, 0.2) is 0 Å². The molecule has 0 radical (unpaired) electrons. The van der Waals surface area contributed by atoms with Gasteiger partial charge in [-0.05, 0) is 12.1 Å². The molecular formula is C11H11F2N3O3S. The number of amides is 2. The van der Waals surface area contributed by atoms with Gasteiger partial charge in [0.05, 0.1) is 17.2 Å². The number of hydrogen-bond donors (Lipinski definition) is 3. The van der Waals surface area contributed by atoms with Crippen LogP contribution in [0.25, 0.3) is 0 Å². The summed E-state index contributed by atoms with van der Waals surface area (Å²) in [5.41, 5.74) is 5.10. The average molecular weight is 303 g/mol. The van der Waals surface area contributed by atoms with Crippen LogP contribution in [0.5, 0.6) is 5.75 Å². The third kappa shape index (κ3) is 5.14. The summed E-state index contributed by atoms with van der Waals surface area (Å²) < 4.78 is 28.5. The molecule has 0 unspecified atom stereocenters. The first-order chi connectivity index (χ1) is 9.40. The van der Waals surface area contributed by atoms with E-state index in [1.165, 1.54) is 24.3 Å². The van der Waals surface area contributed by atoms with E-state index < -0.39 is 18.4 Å². The number of para-hydroxylation sites is 2. The fraction of sp³-hybridized carbons (Fsp3) is 0.182. The molecule has 0 heterocycles. The van der Waals surface area contributed by atoms with Gasteiger partial charge in [-0.3, -0.25) is 9.59 Å². The molecule has 0 aliphatic carbocycles. The van der Waals surface area contributed by atoms with Gasteiger partial charge in [0, 0.05) is 0 Å². The monoisotopic (exact) mass is 303 g/mol. The van der Waals surface area contributed by atoms with Crippen molar-refractivity contribution in [2.45, 2.75) is 6.61 Å². The smallest absolute Gasteiger partial charge is 0.387 e. The van der Waals surface area contributed by atoms with E-state index in [0.29, 0.717) is 0 Å². The van der Waals surface area contributed by atoms with Crippen molar-refractivity contribution in [1.29, 1.82) is 0 Å². The third-order valence-electron chi connectivity index (χ3n) is 1.98. The molecule has 1 aromatic rings. The molecule has 0 atom stereocenters. The topological polar surface area (TPSA) is 93.5 Å². The van der Waals surface area contributed by atoms with Crippen LogP contribution in [0.1, 0.15) is 0 Å². The quantitative estimate of drug-likeness (QED) is 0.548. The molecule has 2 amide bonds. The van der Waals surface area contributed by atoms with Gasteiger partial charge in [0.2, 0.25) is 0 Å². The first-order valence-electron chi connectivity index (χ1n) is 5.31. The predicted molar refractivity (Wildman–Crippen MR) is 71.5 cm³/mol. The van der Waals surface area contributed by atoms with E-state index in [-0.39, 0.29) is 23.0 Å². The summed E-state index contributed by atoms with van der Waals surface area (Å²) in [7, 11) is 0. The van der Waals surface area contributed by atoms with Gasteiger partial charge in [-0.25, -0.2) is 0 Å². The molecule has 108 valence electrons. The zero-order valence-corrected chi connectivity index (χ0v) is 10.9. The number of hydrogen-bond acceptors (Lipinski definition) is 4. The molecule has 0 aliphatic rings. The SMILES string of the molecule is NC(=S)CNC(=O)C(=O)Nc1ccccc1OC(F)F. The van der Waals surface area contributed by atoms with Crippen LogP contribution in [0, 0.1) is 0 Å². The van der Waals surface area contributed by atoms with Crippen molar-refractivity contribution in [3.63, 3.8) is 0 Å². The van der Waals surface area contributed by atoms with Crippen molar-refractivity contribution in [2.24, 2.45) is 5.73 Å². The summed E-state index contributed by atoms with van der Waals surface area (Å²) in [6.45, 7) is -3.19. The Hall–Kier alpha value is -2.29. The van der Waals surface area contributed by atoms with Gasteiger partial charge >= 0.3 is 18.4 Å². The lowest BCUT2D eigenvalue weighted by Gasteiger charge is -2.11. The zero-order valence-electron chi connectivity index (χ0n) is 10.1. The van der Waals surface area contributed by atoms with Crippen LogP contribution in [-0.4, -0.2) is 30.0 Å². The molecule has 0 spiro atoms. The fourth-order valence-corrected chi connectivity index (χ4v) is 1.27. The summed E-state index contributed by atoms with van der Waals surface area (Å²) in [5, 5.41) is 4.30. The minimum Gasteiger partial charge on any atom is -0.433 e. The van der Waals surface area contributed by atoms with Gasteiger partial charge in [-0.1, -0.05) is 24.4 Å². The van der Waals surface area contributed by atoms with Crippen LogP contribution in [0.4, 0.5) is 14.5 Å². The highest BCUT2D eigenvalue weighted by Gasteiger charge is 2.16. The van der Waals surface area contributed by atoms with Crippen molar-refractivity contribution in [2.75, 3.05) is 11.9 Å². The highest BCUT2D eigenvalue weighted by atomic mass is 32.1. The minimum absolute atomic E-state index is 0.00702. The minimum atomic E-state index is -3.04. The van der Waals surface area contributed by atoms with Gasteiger partial charge in [-0.2, -0.15) is 8.78 Å². The Kier molecular flexibility index (Phi) is 5.78. The molecule has 6 nitrogen and oxygen atoms in total.